The number of piperidine rings is 1. The molecule has 2 unspecified atom stereocenters. The van der Waals surface area contributed by atoms with E-state index in [0.717, 1.165) is 17.7 Å². The summed E-state index contributed by atoms with van der Waals surface area (Å²) >= 11 is 0. The van der Waals surface area contributed by atoms with Crippen LogP contribution in [0.4, 0.5) is 11.4 Å². The molecule has 0 saturated carbocycles. The van der Waals surface area contributed by atoms with Crippen molar-refractivity contribution in [2.45, 2.75) is 55.9 Å². The summed E-state index contributed by atoms with van der Waals surface area (Å²) in [5, 5.41) is 15.2. The topological polar surface area (TPSA) is 117 Å². The van der Waals surface area contributed by atoms with Gasteiger partial charge in [0.15, 0.2) is 0 Å². The lowest BCUT2D eigenvalue weighted by molar-refractivity contribution is -0.0174. The summed E-state index contributed by atoms with van der Waals surface area (Å²) in [7, 11) is -2.04. The molecule has 39 heavy (non-hydrogen) atoms. The first kappa shape index (κ1) is 27.1. The lowest BCUT2D eigenvalue weighted by Crippen LogP contribution is -2.48. The van der Waals surface area contributed by atoms with Crippen molar-refractivity contribution in [2.24, 2.45) is 18.0 Å². The molecule has 10 heteroatoms. The van der Waals surface area contributed by atoms with Gasteiger partial charge in [-0.15, -0.1) is 0 Å². The number of aliphatic hydroxyl groups is 1. The van der Waals surface area contributed by atoms with Crippen LogP contribution < -0.4 is 4.72 Å². The molecule has 1 amide bonds. The van der Waals surface area contributed by atoms with Crippen molar-refractivity contribution < 1.29 is 18.3 Å². The summed E-state index contributed by atoms with van der Waals surface area (Å²) in [6.45, 7) is 5.12. The first-order chi connectivity index (χ1) is 18.6. The number of anilines is 1. The Morgan fingerprint density at radius 3 is 2.49 bits per heavy atom. The normalized spacial score (nSPS) is 20.8. The Bertz CT molecular complexity index is 1490. The zero-order valence-corrected chi connectivity index (χ0v) is 23.4. The van der Waals surface area contributed by atoms with Gasteiger partial charge in [0.25, 0.3) is 15.9 Å². The van der Waals surface area contributed by atoms with Gasteiger partial charge in [-0.05, 0) is 73.1 Å². The van der Waals surface area contributed by atoms with E-state index in [-0.39, 0.29) is 16.7 Å². The standard InChI is InChI=1S/C29H35N5O4S/c1-20-11-15-30-27-25(21(20)2)5-4-6-26(27)39(37,38)32-23-9-7-22(8-10-23)28(35)34-17-13-29(36,14-18-34)19-24-12-16-31-33(24)3/h4-10,12,15-16,20-21,32,36H,11,13-14,17-19H2,1-3H3. The number of para-hydroxylation sites is 1. The number of nitrogens with one attached hydrogen (secondary N) is 1. The van der Waals surface area contributed by atoms with Gasteiger partial charge in [-0.1, -0.05) is 26.0 Å². The number of amides is 1. The van der Waals surface area contributed by atoms with Crippen LogP contribution in [-0.4, -0.2) is 59.0 Å². The van der Waals surface area contributed by atoms with Gasteiger partial charge in [-0.3, -0.25) is 19.2 Å². The number of sulfonamides is 1. The number of likely N-dealkylation sites (tertiary alicyclic amines) is 1. The van der Waals surface area contributed by atoms with E-state index in [4.69, 9.17) is 0 Å². The molecular formula is C29H35N5O4S. The van der Waals surface area contributed by atoms with Crippen molar-refractivity contribution in [2.75, 3.05) is 17.8 Å². The molecule has 0 aliphatic carbocycles. The van der Waals surface area contributed by atoms with Crippen molar-refractivity contribution >= 4 is 33.5 Å². The Labute approximate surface area is 229 Å². The first-order valence-corrected chi connectivity index (χ1v) is 14.8. The fourth-order valence-electron chi connectivity index (χ4n) is 5.37. The van der Waals surface area contributed by atoms with E-state index < -0.39 is 15.6 Å². The molecule has 2 atom stereocenters. The molecule has 1 saturated heterocycles. The van der Waals surface area contributed by atoms with Crippen LogP contribution in [-0.2, 0) is 23.5 Å². The van der Waals surface area contributed by atoms with Gasteiger partial charge in [-0.25, -0.2) is 8.42 Å². The zero-order valence-electron chi connectivity index (χ0n) is 22.5. The second kappa shape index (κ2) is 10.6. The summed E-state index contributed by atoms with van der Waals surface area (Å²) in [6.07, 6.45) is 5.75. The fourth-order valence-corrected chi connectivity index (χ4v) is 6.61. The van der Waals surface area contributed by atoms with E-state index >= 15 is 0 Å². The Morgan fingerprint density at radius 2 is 1.82 bits per heavy atom. The maximum absolute atomic E-state index is 13.3. The average Bonchev–Trinajstić information content (AvgIpc) is 3.24. The molecule has 2 aliphatic rings. The number of carbonyl (C=O) groups is 1. The van der Waals surface area contributed by atoms with Crippen LogP contribution in [0.1, 0.15) is 60.6 Å². The van der Waals surface area contributed by atoms with Crippen molar-refractivity contribution in [3.63, 3.8) is 0 Å². The van der Waals surface area contributed by atoms with Crippen LogP contribution >= 0.6 is 0 Å². The van der Waals surface area contributed by atoms with Crippen LogP contribution in [0.2, 0.25) is 0 Å². The van der Waals surface area contributed by atoms with E-state index in [1.165, 1.54) is 0 Å². The molecule has 0 radical (unpaired) electrons. The molecule has 0 spiro atoms. The molecule has 5 rings (SSSR count). The molecule has 2 N–H and O–H groups in total. The molecule has 2 aromatic carbocycles. The highest BCUT2D eigenvalue weighted by Gasteiger charge is 2.35. The molecule has 2 aliphatic heterocycles. The average molecular weight is 550 g/mol. The zero-order chi connectivity index (χ0) is 27.8. The smallest absolute Gasteiger partial charge is 0.264 e. The monoisotopic (exact) mass is 549 g/mol. The predicted molar refractivity (Wildman–Crippen MR) is 151 cm³/mol. The van der Waals surface area contributed by atoms with Gasteiger partial charge in [-0.2, -0.15) is 5.10 Å². The maximum Gasteiger partial charge on any atom is 0.264 e. The second-order valence-corrected chi connectivity index (χ2v) is 12.5. The highest BCUT2D eigenvalue weighted by atomic mass is 32.2. The summed E-state index contributed by atoms with van der Waals surface area (Å²) in [4.78, 5) is 19.5. The summed E-state index contributed by atoms with van der Waals surface area (Å²) < 4.78 is 31.1. The number of hydrogen-bond acceptors (Lipinski definition) is 6. The number of aliphatic imine (C=N–C) groups is 1. The maximum atomic E-state index is 13.3. The minimum atomic E-state index is -3.90. The third kappa shape index (κ3) is 5.62. The molecule has 1 aromatic heterocycles. The van der Waals surface area contributed by atoms with Gasteiger partial charge < -0.3 is 10.0 Å². The lowest BCUT2D eigenvalue weighted by Gasteiger charge is -2.38. The SMILES string of the molecule is CC1CC=Nc2c(cccc2S(=O)(=O)Nc2ccc(C(=O)N3CCC(O)(Cc4ccnn4C)CC3)cc2)C1C. The number of aromatic nitrogens is 2. The fraction of sp³-hybridized carbons (Fsp3) is 0.414. The third-order valence-corrected chi connectivity index (χ3v) is 9.57. The lowest BCUT2D eigenvalue weighted by atomic mass is 9.86. The van der Waals surface area contributed by atoms with Crippen molar-refractivity contribution in [3.05, 3.63) is 71.5 Å². The Balaban J connectivity index is 1.25. The van der Waals surface area contributed by atoms with Gasteiger partial charge >= 0.3 is 0 Å². The first-order valence-electron chi connectivity index (χ1n) is 13.3. The summed E-state index contributed by atoms with van der Waals surface area (Å²) in [5.74, 6) is 0.405. The molecular weight excluding hydrogens is 514 g/mol. The molecule has 9 nitrogen and oxygen atoms in total. The number of nitrogens with zero attached hydrogens (tertiary/aromatic N) is 4. The van der Waals surface area contributed by atoms with Crippen molar-refractivity contribution in [1.29, 1.82) is 0 Å². The number of benzene rings is 2. The highest BCUT2D eigenvalue weighted by Crippen LogP contribution is 2.39. The van der Waals surface area contributed by atoms with Gasteiger partial charge in [0, 0.05) is 55.9 Å². The van der Waals surface area contributed by atoms with E-state index in [9.17, 15) is 18.3 Å². The number of carbonyl (C=O) groups excluding carboxylic acids is 1. The Hall–Kier alpha value is -3.50. The van der Waals surface area contributed by atoms with Crippen LogP contribution in [0.25, 0.3) is 0 Å². The van der Waals surface area contributed by atoms with Gasteiger partial charge in [0.05, 0.1) is 11.3 Å². The minimum Gasteiger partial charge on any atom is -0.389 e. The second-order valence-electron chi connectivity index (χ2n) is 10.8. The van der Waals surface area contributed by atoms with Crippen LogP contribution in [0.3, 0.4) is 0 Å². The molecule has 3 heterocycles. The molecule has 0 bridgehead atoms. The largest absolute Gasteiger partial charge is 0.389 e. The van der Waals surface area contributed by atoms with Gasteiger partial charge in [0.1, 0.15) is 4.90 Å². The summed E-state index contributed by atoms with van der Waals surface area (Å²) in [6, 6.07) is 13.6. The van der Waals surface area contributed by atoms with Crippen molar-refractivity contribution in [3.8, 4) is 0 Å². The molecule has 3 aromatic rings. The van der Waals surface area contributed by atoms with Crippen molar-refractivity contribution in [1.82, 2.24) is 14.7 Å². The van der Waals surface area contributed by atoms with E-state index in [0.29, 0.717) is 55.2 Å². The van der Waals surface area contributed by atoms with Crippen LogP contribution in [0.5, 0.6) is 0 Å². The van der Waals surface area contributed by atoms with E-state index in [1.807, 2.05) is 19.2 Å². The Morgan fingerprint density at radius 1 is 1.10 bits per heavy atom. The minimum absolute atomic E-state index is 0.141. The Kier molecular flexibility index (Phi) is 7.35. The van der Waals surface area contributed by atoms with Crippen LogP contribution in [0, 0.1) is 5.92 Å². The number of rotatable bonds is 6. The predicted octanol–water partition coefficient (Wildman–Crippen LogP) is 4.28. The molecule has 206 valence electrons. The van der Waals surface area contributed by atoms with E-state index in [2.05, 4.69) is 28.7 Å². The number of fused-ring (bicyclic) bond motifs is 1. The summed E-state index contributed by atoms with van der Waals surface area (Å²) in [5.41, 5.74) is 2.33. The quantitative estimate of drug-likeness (QED) is 0.476. The van der Waals surface area contributed by atoms with Gasteiger partial charge in [0.2, 0.25) is 0 Å². The molecule has 1 fully saturated rings. The van der Waals surface area contributed by atoms with Crippen LogP contribution in [0.15, 0.2) is 64.6 Å². The van der Waals surface area contributed by atoms with E-state index in [1.54, 1.807) is 58.4 Å². The third-order valence-electron chi connectivity index (χ3n) is 8.16. The number of hydrogen-bond donors (Lipinski definition) is 2. The highest BCUT2D eigenvalue weighted by molar-refractivity contribution is 7.92. The number of aryl methyl sites for hydroxylation is 1.